The van der Waals surface area contributed by atoms with Crippen LogP contribution in [0.1, 0.15) is 34.6 Å². The van der Waals surface area contributed by atoms with Crippen LogP contribution in [0.25, 0.3) is 10.9 Å². The molecule has 0 saturated carbocycles. The SMILES string of the molecule is CC(=O)N[C@@H](CO)C(=O)N(C)[C@@H]1c2ccccc2C[C@H]1NC(=O)c1cc2cc(Cl)ccc2[nH]1. The fourth-order valence-electron chi connectivity index (χ4n) is 4.47. The minimum absolute atomic E-state index is 0.299. The molecule has 0 unspecified atom stereocenters. The van der Waals surface area contributed by atoms with Crippen molar-refractivity contribution in [1.82, 2.24) is 20.5 Å². The van der Waals surface area contributed by atoms with Gasteiger partial charge in [0.1, 0.15) is 11.7 Å². The molecule has 33 heavy (non-hydrogen) atoms. The summed E-state index contributed by atoms with van der Waals surface area (Å²) in [6.07, 6.45) is 0.542. The number of fused-ring (bicyclic) bond motifs is 2. The lowest BCUT2D eigenvalue weighted by atomic mass is 10.0. The van der Waals surface area contributed by atoms with E-state index >= 15 is 0 Å². The number of amides is 3. The summed E-state index contributed by atoms with van der Waals surface area (Å²) >= 11 is 6.05. The summed E-state index contributed by atoms with van der Waals surface area (Å²) in [6, 6.07) is 12.9. The molecule has 0 saturated heterocycles. The van der Waals surface area contributed by atoms with Gasteiger partial charge in [-0.25, -0.2) is 0 Å². The highest BCUT2D eigenvalue weighted by Crippen LogP contribution is 2.36. The number of rotatable bonds is 6. The molecule has 0 aliphatic heterocycles. The molecule has 1 aromatic heterocycles. The highest BCUT2D eigenvalue weighted by Gasteiger charge is 2.39. The second-order valence-corrected chi connectivity index (χ2v) is 8.66. The van der Waals surface area contributed by atoms with E-state index in [2.05, 4.69) is 15.6 Å². The van der Waals surface area contributed by atoms with Crippen molar-refractivity contribution in [3.8, 4) is 0 Å². The van der Waals surface area contributed by atoms with Crippen LogP contribution < -0.4 is 10.6 Å². The summed E-state index contributed by atoms with van der Waals surface area (Å²) in [5, 5.41) is 16.6. The van der Waals surface area contributed by atoms with Crippen molar-refractivity contribution in [2.24, 2.45) is 0 Å². The molecule has 172 valence electrons. The van der Waals surface area contributed by atoms with Crippen LogP contribution in [-0.4, -0.2) is 58.5 Å². The molecule has 0 radical (unpaired) electrons. The Morgan fingerprint density at radius 2 is 1.97 bits per heavy atom. The van der Waals surface area contributed by atoms with Crippen LogP contribution in [0, 0.1) is 0 Å². The van der Waals surface area contributed by atoms with E-state index in [9.17, 15) is 19.5 Å². The zero-order valence-corrected chi connectivity index (χ0v) is 19.0. The van der Waals surface area contributed by atoms with Crippen LogP contribution in [0.3, 0.4) is 0 Å². The number of nitrogens with one attached hydrogen (secondary N) is 3. The second kappa shape index (κ2) is 9.25. The van der Waals surface area contributed by atoms with Gasteiger partial charge in [0.2, 0.25) is 11.8 Å². The number of aromatic nitrogens is 1. The standard InChI is InChI=1S/C24H25ClN4O4/c1-13(31)26-21(12-30)24(33)29(2)22-17-6-4-3-5-14(17)10-19(22)28-23(32)20-11-15-9-16(25)7-8-18(15)27-20/h3-9,11,19,21-22,27,30H,10,12H2,1-2H3,(H,26,31)(H,28,32)/t19-,21+,22-/m1/s1. The Hall–Kier alpha value is -3.36. The number of hydrogen-bond acceptors (Lipinski definition) is 4. The average molecular weight is 469 g/mol. The predicted molar refractivity (Wildman–Crippen MR) is 125 cm³/mol. The summed E-state index contributed by atoms with van der Waals surface area (Å²) in [4.78, 5) is 42.2. The van der Waals surface area contributed by atoms with E-state index in [-0.39, 0.29) is 5.91 Å². The molecule has 1 aliphatic rings. The van der Waals surface area contributed by atoms with Crippen molar-refractivity contribution in [2.75, 3.05) is 13.7 Å². The maximum atomic E-state index is 13.1. The van der Waals surface area contributed by atoms with Crippen LogP contribution in [-0.2, 0) is 16.0 Å². The number of halogens is 1. The van der Waals surface area contributed by atoms with Gasteiger partial charge in [0, 0.05) is 29.9 Å². The van der Waals surface area contributed by atoms with Gasteiger partial charge in [-0.3, -0.25) is 14.4 Å². The number of nitrogens with zero attached hydrogens (tertiary/aromatic N) is 1. The normalized spacial score (nSPS) is 17.9. The predicted octanol–water partition coefficient (Wildman–Crippen LogP) is 2.17. The monoisotopic (exact) mass is 468 g/mol. The van der Waals surface area contributed by atoms with E-state index in [4.69, 9.17) is 11.6 Å². The number of benzene rings is 2. The van der Waals surface area contributed by atoms with Crippen molar-refractivity contribution in [2.45, 2.75) is 31.5 Å². The van der Waals surface area contributed by atoms with E-state index in [0.717, 1.165) is 22.0 Å². The molecule has 4 N–H and O–H groups in total. The number of hydrogen-bond donors (Lipinski definition) is 4. The topological polar surface area (TPSA) is 115 Å². The molecule has 1 aliphatic carbocycles. The lowest BCUT2D eigenvalue weighted by molar-refractivity contribution is -0.138. The fraction of sp³-hybridized carbons (Fsp3) is 0.292. The van der Waals surface area contributed by atoms with E-state index in [1.807, 2.05) is 30.3 Å². The van der Waals surface area contributed by atoms with Gasteiger partial charge in [-0.2, -0.15) is 0 Å². The van der Waals surface area contributed by atoms with Crippen LogP contribution in [0.15, 0.2) is 48.5 Å². The average Bonchev–Trinajstić information content (AvgIpc) is 3.37. The molecule has 8 nitrogen and oxygen atoms in total. The van der Waals surface area contributed by atoms with Crippen molar-refractivity contribution in [3.05, 3.63) is 70.4 Å². The lowest BCUT2D eigenvalue weighted by Crippen LogP contribution is -2.52. The van der Waals surface area contributed by atoms with Crippen LogP contribution in [0.5, 0.6) is 0 Å². The van der Waals surface area contributed by atoms with Gasteiger partial charge < -0.3 is 25.6 Å². The largest absolute Gasteiger partial charge is 0.394 e. The summed E-state index contributed by atoms with van der Waals surface area (Å²) in [6.45, 7) is 0.767. The summed E-state index contributed by atoms with van der Waals surface area (Å²) < 4.78 is 0. The third kappa shape index (κ3) is 4.58. The molecule has 3 aromatic rings. The van der Waals surface area contributed by atoms with Crippen molar-refractivity contribution in [1.29, 1.82) is 0 Å². The van der Waals surface area contributed by atoms with Crippen LogP contribution in [0.4, 0.5) is 0 Å². The molecule has 9 heteroatoms. The first-order valence-electron chi connectivity index (χ1n) is 10.6. The molecule has 3 atom stereocenters. The Morgan fingerprint density at radius 3 is 2.70 bits per heavy atom. The van der Waals surface area contributed by atoms with Crippen LogP contribution in [0.2, 0.25) is 5.02 Å². The third-order valence-corrected chi connectivity index (χ3v) is 6.20. The molecule has 4 rings (SSSR count). The first kappa shape index (κ1) is 22.8. The summed E-state index contributed by atoms with van der Waals surface area (Å²) in [5.74, 6) is -1.15. The zero-order valence-electron chi connectivity index (χ0n) is 18.3. The number of aliphatic hydroxyl groups excluding tert-OH is 1. The Bertz CT molecular complexity index is 1220. The van der Waals surface area contributed by atoms with Crippen molar-refractivity contribution >= 4 is 40.2 Å². The lowest BCUT2D eigenvalue weighted by Gasteiger charge is -2.33. The third-order valence-electron chi connectivity index (χ3n) is 5.96. The van der Waals surface area contributed by atoms with Gasteiger partial charge in [0.05, 0.1) is 18.7 Å². The number of aromatic amines is 1. The Kier molecular flexibility index (Phi) is 6.40. The number of likely N-dealkylation sites (N-methyl/N-ethyl adjacent to an activating group) is 1. The molecule has 2 aromatic carbocycles. The minimum atomic E-state index is -1.06. The number of carbonyl (C=O) groups excluding carboxylic acids is 3. The molecule has 0 fully saturated rings. The van der Waals surface area contributed by atoms with E-state index in [0.29, 0.717) is 17.1 Å². The number of carbonyl (C=O) groups is 3. The fourth-order valence-corrected chi connectivity index (χ4v) is 4.65. The minimum Gasteiger partial charge on any atom is -0.394 e. The molecule has 1 heterocycles. The molecule has 3 amide bonds. The van der Waals surface area contributed by atoms with Gasteiger partial charge in [-0.15, -0.1) is 0 Å². The first-order valence-corrected chi connectivity index (χ1v) is 11.0. The Morgan fingerprint density at radius 1 is 1.21 bits per heavy atom. The maximum Gasteiger partial charge on any atom is 0.268 e. The number of H-pyrrole nitrogens is 1. The van der Waals surface area contributed by atoms with Gasteiger partial charge in [0.25, 0.3) is 5.91 Å². The quantitative estimate of drug-likeness (QED) is 0.444. The zero-order chi connectivity index (χ0) is 23.7. The van der Waals surface area contributed by atoms with Gasteiger partial charge in [-0.05, 0) is 41.8 Å². The Labute approximate surface area is 195 Å². The highest BCUT2D eigenvalue weighted by molar-refractivity contribution is 6.31. The van der Waals surface area contributed by atoms with E-state index < -0.39 is 36.5 Å². The maximum absolute atomic E-state index is 13.1. The molecule has 0 spiro atoms. The number of aliphatic hydroxyl groups is 1. The van der Waals surface area contributed by atoms with E-state index in [1.165, 1.54) is 11.8 Å². The second-order valence-electron chi connectivity index (χ2n) is 8.23. The van der Waals surface area contributed by atoms with Crippen molar-refractivity contribution in [3.63, 3.8) is 0 Å². The first-order chi connectivity index (χ1) is 15.8. The molecular weight excluding hydrogens is 444 g/mol. The highest BCUT2D eigenvalue weighted by atomic mass is 35.5. The summed E-state index contributed by atoms with van der Waals surface area (Å²) in [5.41, 5.74) is 3.13. The van der Waals surface area contributed by atoms with Crippen LogP contribution >= 0.6 is 11.6 Å². The van der Waals surface area contributed by atoms with Gasteiger partial charge in [-0.1, -0.05) is 35.9 Å². The van der Waals surface area contributed by atoms with Crippen molar-refractivity contribution < 1.29 is 19.5 Å². The molecular formula is C24H25ClN4O4. The molecule has 0 bridgehead atoms. The van der Waals surface area contributed by atoms with Gasteiger partial charge in [0.15, 0.2) is 0 Å². The van der Waals surface area contributed by atoms with E-state index in [1.54, 1.807) is 25.2 Å². The smallest absolute Gasteiger partial charge is 0.268 e. The summed E-state index contributed by atoms with van der Waals surface area (Å²) in [7, 11) is 1.61. The Balaban J connectivity index is 1.60. The van der Waals surface area contributed by atoms with Gasteiger partial charge >= 0.3 is 0 Å².